The number of nitrogens with one attached hydrogen (secondary N) is 3. The number of amides is 1. The summed E-state index contributed by atoms with van der Waals surface area (Å²) in [6.07, 6.45) is 1.56. The van der Waals surface area contributed by atoms with Crippen molar-refractivity contribution in [2.24, 2.45) is 0 Å². The van der Waals surface area contributed by atoms with Crippen LogP contribution in [0.1, 0.15) is 23.3 Å². The molecule has 2 aromatic heterocycles. The Bertz CT molecular complexity index is 951. The first-order valence-electron chi connectivity index (χ1n) is 9.11. The van der Waals surface area contributed by atoms with E-state index >= 15 is 0 Å². The van der Waals surface area contributed by atoms with Crippen LogP contribution in [0, 0.1) is 5.82 Å². The molecule has 1 aliphatic rings. The van der Waals surface area contributed by atoms with E-state index < -0.39 is 0 Å². The van der Waals surface area contributed by atoms with Gasteiger partial charge in [-0.2, -0.15) is 5.10 Å². The van der Waals surface area contributed by atoms with E-state index in [-0.39, 0.29) is 17.8 Å². The van der Waals surface area contributed by atoms with Gasteiger partial charge in [-0.1, -0.05) is 0 Å². The average Bonchev–Trinajstić information content (AvgIpc) is 3.28. The second-order valence-electron chi connectivity index (χ2n) is 6.93. The third kappa shape index (κ3) is 4.01. The molecule has 7 nitrogen and oxygen atoms in total. The number of β-amino-alcohol motifs (C(OH)–C–C–N with tert-alkyl or cyclic N) is 1. The first-order valence-corrected chi connectivity index (χ1v) is 9.11. The Balaban J connectivity index is 1.37. The van der Waals surface area contributed by atoms with Gasteiger partial charge in [0.1, 0.15) is 17.2 Å². The highest BCUT2D eigenvalue weighted by atomic mass is 19.1. The smallest absolute Gasteiger partial charge is 0.269 e. The number of H-pyrrole nitrogens is 2. The van der Waals surface area contributed by atoms with Crippen molar-refractivity contribution in [2.45, 2.75) is 18.9 Å². The standard InChI is InChI=1S/C19H22FN5O2/c20-13-3-4-15-12(8-13)9-16(22-15)17-10-18(24-23-17)19(27)21-5-7-25-6-1-2-14(26)11-25/h3-4,8-10,14,22,26H,1-2,5-7,11H2,(H,21,27)(H,23,24)/t14-/m0/s1. The molecule has 0 aliphatic carbocycles. The summed E-state index contributed by atoms with van der Waals surface area (Å²) in [5.74, 6) is -0.523. The van der Waals surface area contributed by atoms with Crippen molar-refractivity contribution >= 4 is 16.8 Å². The minimum atomic E-state index is -0.295. The lowest BCUT2D eigenvalue weighted by atomic mass is 10.1. The number of piperidine rings is 1. The van der Waals surface area contributed by atoms with E-state index in [9.17, 15) is 14.3 Å². The van der Waals surface area contributed by atoms with E-state index in [0.717, 1.165) is 30.3 Å². The van der Waals surface area contributed by atoms with E-state index in [2.05, 4.69) is 25.4 Å². The number of halogens is 1. The number of hydrogen-bond acceptors (Lipinski definition) is 4. The molecule has 3 aromatic rings. The molecule has 1 aromatic carbocycles. The minimum Gasteiger partial charge on any atom is -0.392 e. The minimum absolute atomic E-state index is 0.228. The van der Waals surface area contributed by atoms with Crippen molar-refractivity contribution in [1.82, 2.24) is 25.4 Å². The Morgan fingerprint density at radius 1 is 1.37 bits per heavy atom. The summed E-state index contributed by atoms with van der Waals surface area (Å²) < 4.78 is 13.3. The third-order valence-electron chi connectivity index (χ3n) is 4.88. The molecule has 8 heteroatoms. The molecule has 1 amide bonds. The molecule has 0 radical (unpaired) electrons. The van der Waals surface area contributed by atoms with Crippen LogP contribution < -0.4 is 5.32 Å². The molecule has 1 aliphatic heterocycles. The van der Waals surface area contributed by atoms with Gasteiger partial charge in [0.05, 0.1) is 11.8 Å². The molecule has 142 valence electrons. The van der Waals surface area contributed by atoms with Gasteiger partial charge in [-0.3, -0.25) is 14.8 Å². The molecule has 4 rings (SSSR count). The summed E-state index contributed by atoms with van der Waals surface area (Å²) in [4.78, 5) is 17.6. The normalized spacial score (nSPS) is 18.1. The highest BCUT2D eigenvalue weighted by Crippen LogP contribution is 2.23. The molecule has 4 N–H and O–H groups in total. The lowest BCUT2D eigenvalue weighted by molar-refractivity contribution is 0.0702. The molecular formula is C19H22FN5O2. The second-order valence-corrected chi connectivity index (χ2v) is 6.93. The van der Waals surface area contributed by atoms with E-state index in [0.29, 0.717) is 36.7 Å². The van der Waals surface area contributed by atoms with E-state index in [1.165, 1.54) is 12.1 Å². The summed E-state index contributed by atoms with van der Waals surface area (Å²) in [7, 11) is 0. The van der Waals surface area contributed by atoms with Crippen LogP contribution in [0.2, 0.25) is 0 Å². The average molecular weight is 371 g/mol. The Morgan fingerprint density at radius 3 is 3.11 bits per heavy atom. The van der Waals surface area contributed by atoms with Crippen molar-refractivity contribution in [2.75, 3.05) is 26.2 Å². The molecular weight excluding hydrogens is 349 g/mol. The number of likely N-dealkylation sites (tertiary alicyclic amines) is 1. The number of aromatic amines is 2. The number of fused-ring (bicyclic) bond motifs is 1. The zero-order valence-corrected chi connectivity index (χ0v) is 14.8. The van der Waals surface area contributed by atoms with Gasteiger partial charge in [0.25, 0.3) is 5.91 Å². The Hall–Kier alpha value is -2.71. The van der Waals surface area contributed by atoms with Crippen LogP contribution in [0.25, 0.3) is 22.3 Å². The maximum Gasteiger partial charge on any atom is 0.269 e. The number of benzene rings is 1. The van der Waals surface area contributed by atoms with Gasteiger partial charge in [0.15, 0.2) is 0 Å². The van der Waals surface area contributed by atoms with E-state index in [4.69, 9.17) is 0 Å². The largest absolute Gasteiger partial charge is 0.392 e. The van der Waals surface area contributed by atoms with Crippen LogP contribution in [0.15, 0.2) is 30.3 Å². The fourth-order valence-electron chi connectivity index (χ4n) is 3.47. The van der Waals surface area contributed by atoms with Crippen LogP contribution in [-0.2, 0) is 0 Å². The maximum atomic E-state index is 13.3. The number of rotatable bonds is 5. The number of aromatic nitrogens is 3. The summed E-state index contributed by atoms with van der Waals surface area (Å²) in [5, 5.41) is 20.2. The molecule has 1 saturated heterocycles. The number of carbonyl (C=O) groups excluding carboxylic acids is 1. The van der Waals surface area contributed by atoms with Gasteiger partial charge >= 0.3 is 0 Å². The molecule has 0 unspecified atom stereocenters. The third-order valence-corrected chi connectivity index (χ3v) is 4.88. The number of aliphatic hydroxyl groups excluding tert-OH is 1. The van der Waals surface area contributed by atoms with Crippen LogP contribution >= 0.6 is 0 Å². The molecule has 3 heterocycles. The highest BCUT2D eigenvalue weighted by Gasteiger charge is 2.18. The van der Waals surface area contributed by atoms with Crippen molar-refractivity contribution < 1.29 is 14.3 Å². The predicted octanol–water partition coefficient (Wildman–Crippen LogP) is 1.88. The monoisotopic (exact) mass is 371 g/mol. The van der Waals surface area contributed by atoms with Gasteiger partial charge in [-0.05, 0) is 49.7 Å². The molecule has 1 fully saturated rings. The van der Waals surface area contributed by atoms with Crippen LogP contribution in [0.5, 0.6) is 0 Å². The van der Waals surface area contributed by atoms with Gasteiger partial charge in [-0.15, -0.1) is 0 Å². The quantitative estimate of drug-likeness (QED) is 0.551. The van der Waals surface area contributed by atoms with E-state index in [1.54, 1.807) is 18.2 Å². The lowest BCUT2D eigenvalue weighted by Gasteiger charge is -2.29. The van der Waals surface area contributed by atoms with Gasteiger partial charge in [0, 0.05) is 30.5 Å². The fourth-order valence-corrected chi connectivity index (χ4v) is 3.47. The highest BCUT2D eigenvalue weighted by molar-refractivity contribution is 5.93. The first-order chi connectivity index (χ1) is 13.1. The topological polar surface area (TPSA) is 97.0 Å². The first kappa shape index (κ1) is 17.7. The fraction of sp³-hybridized carbons (Fsp3) is 0.368. The molecule has 1 atom stereocenters. The van der Waals surface area contributed by atoms with Crippen molar-refractivity contribution in [3.05, 3.63) is 41.8 Å². The summed E-state index contributed by atoms with van der Waals surface area (Å²) in [6, 6.07) is 7.99. The molecule has 0 bridgehead atoms. The number of carbonyl (C=O) groups is 1. The Morgan fingerprint density at radius 2 is 2.26 bits per heavy atom. The summed E-state index contributed by atoms with van der Waals surface area (Å²) in [6.45, 7) is 2.82. The van der Waals surface area contributed by atoms with Gasteiger partial charge in [-0.25, -0.2) is 4.39 Å². The Kier molecular flexibility index (Phi) is 4.91. The SMILES string of the molecule is O=C(NCCN1CCC[C@H](O)C1)c1cc(-c2cc3cc(F)ccc3[nH]2)n[nH]1. The van der Waals surface area contributed by atoms with Crippen molar-refractivity contribution in [3.8, 4) is 11.4 Å². The molecule has 0 saturated carbocycles. The number of hydrogen-bond donors (Lipinski definition) is 4. The zero-order chi connectivity index (χ0) is 18.8. The molecule has 0 spiro atoms. The predicted molar refractivity (Wildman–Crippen MR) is 99.9 cm³/mol. The van der Waals surface area contributed by atoms with Crippen molar-refractivity contribution in [1.29, 1.82) is 0 Å². The second kappa shape index (κ2) is 7.50. The van der Waals surface area contributed by atoms with Gasteiger partial charge in [0.2, 0.25) is 0 Å². The number of nitrogens with zero attached hydrogens (tertiary/aromatic N) is 2. The lowest BCUT2D eigenvalue weighted by Crippen LogP contribution is -2.42. The van der Waals surface area contributed by atoms with Gasteiger partial charge < -0.3 is 15.4 Å². The van der Waals surface area contributed by atoms with Crippen molar-refractivity contribution in [3.63, 3.8) is 0 Å². The van der Waals surface area contributed by atoms with E-state index in [1.807, 2.05) is 0 Å². The Labute approximate surface area is 155 Å². The molecule has 27 heavy (non-hydrogen) atoms. The van der Waals surface area contributed by atoms with Crippen LogP contribution in [0.4, 0.5) is 4.39 Å². The van der Waals surface area contributed by atoms with Crippen LogP contribution in [0.3, 0.4) is 0 Å². The summed E-state index contributed by atoms with van der Waals surface area (Å²) in [5.41, 5.74) is 2.49. The maximum absolute atomic E-state index is 13.3. The number of aliphatic hydroxyl groups is 1. The van der Waals surface area contributed by atoms with Crippen LogP contribution in [-0.4, -0.2) is 63.4 Å². The zero-order valence-electron chi connectivity index (χ0n) is 14.8. The summed E-state index contributed by atoms with van der Waals surface area (Å²) >= 11 is 0.